The third-order valence-electron chi connectivity index (χ3n) is 2.88. The van der Waals surface area contributed by atoms with Crippen LogP contribution < -0.4 is 5.32 Å². The van der Waals surface area contributed by atoms with E-state index in [2.05, 4.69) is 12.2 Å². The van der Waals surface area contributed by atoms with Gasteiger partial charge in [-0.2, -0.15) is 0 Å². The largest absolute Gasteiger partial charge is 0.382 e. The molecular weight excluding hydrogens is 245 g/mol. The number of methoxy groups -OCH3 is 1. The van der Waals surface area contributed by atoms with Crippen LogP contribution >= 0.6 is 0 Å². The highest BCUT2D eigenvalue weighted by atomic mass is 19.1. The summed E-state index contributed by atoms with van der Waals surface area (Å²) in [6.45, 7) is 6.41. The predicted molar refractivity (Wildman–Crippen MR) is 74.9 cm³/mol. The molecule has 0 fully saturated rings. The molecule has 0 heterocycles. The van der Waals surface area contributed by atoms with E-state index in [-0.39, 0.29) is 11.9 Å². The van der Waals surface area contributed by atoms with Crippen molar-refractivity contribution >= 4 is 0 Å². The molecule has 1 aromatic rings. The fourth-order valence-electron chi connectivity index (χ4n) is 1.85. The molecule has 0 saturated carbocycles. The first-order chi connectivity index (χ1) is 9.19. The average Bonchev–Trinajstić information content (AvgIpc) is 2.41. The van der Waals surface area contributed by atoms with E-state index in [1.54, 1.807) is 13.2 Å². The van der Waals surface area contributed by atoms with Crippen molar-refractivity contribution in [3.05, 3.63) is 35.1 Å². The Labute approximate surface area is 115 Å². The first-order valence-electron chi connectivity index (χ1n) is 6.75. The van der Waals surface area contributed by atoms with E-state index in [9.17, 15) is 4.39 Å². The van der Waals surface area contributed by atoms with E-state index < -0.39 is 0 Å². The number of rotatable bonds is 9. The number of hydrogen-bond donors (Lipinski definition) is 1. The highest BCUT2D eigenvalue weighted by molar-refractivity contribution is 5.27. The van der Waals surface area contributed by atoms with Gasteiger partial charge < -0.3 is 14.8 Å². The highest BCUT2D eigenvalue weighted by Gasteiger charge is 2.15. The zero-order valence-corrected chi connectivity index (χ0v) is 12.0. The van der Waals surface area contributed by atoms with Gasteiger partial charge in [-0.05, 0) is 26.0 Å². The highest BCUT2D eigenvalue weighted by Crippen LogP contribution is 2.19. The van der Waals surface area contributed by atoms with Crippen molar-refractivity contribution in [2.45, 2.75) is 26.3 Å². The molecule has 4 heteroatoms. The number of halogens is 1. The number of nitrogens with one attached hydrogen (secondary N) is 1. The van der Waals surface area contributed by atoms with Crippen molar-refractivity contribution in [1.82, 2.24) is 5.32 Å². The van der Waals surface area contributed by atoms with Crippen molar-refractivity contribution in [3.8, 4) is 0 Å². The first-order valence-corrected chi connectivity index (χ1v) is 6.75. The van der Waals surface area contributed by atoms with E-state index in [4.69, 9.17) is 9.47 Å². The van der Waals surface area contributed by atoms with Gasteiger partial charge in [-0.15, -0.1) is 0 Å². The zero-order chi connectivity index (χ0) is 14.1. The van der Waals surface area contributed by atoms with Crippen LogP contribution in [0.15, 0.2) is 18.2 Å². The van der Waals surface area contributed by atoms with Crippen molar-refractivity contribution in [1.29, 1.82) is 0 Å². The van der Waals surface area contributed by atoms with Crippen LogP contribution in [0.3, 0.4) is 0 Å². The monoisotopic (exact) mass is 269 g/mol. The predicted octanol–water partition coefficient (Wildman–Crippen LogP) is 2.84. The average molecular weight is 269 g/mol. The van der Waals surface area contributed by atoms with E-state index >= 15 is 0 Å². The number of aryl methyl sites for hydroxylation is 1. The van der Waals surface area contributed by atoms with Gasteiger partial charge in [0.1, 0.15) is 5.82 Å². The minimum Gasteiger partial charge on any atom is -0.382 e. The smallest absolute Gasteiger partial charge is 0.128 e. The van der Waals surface area contributed by atoms with Crippen molar-refractivity contribution in [3.63, 3.8) is 0 Å². The molecule has 0 aromatic heterocycles. The lowest BCUT2D eigenvalue weighted by atomic mass is 10.0. The SMILES string of the molecule is CCCNC(COCCOC)c1cc(C)ccc1F. The molecule has 0 spiro atoms. The summed E-state index contributed by atoms with van der Waals surface area (Å²) in [6.07, 6.45) is 1.00. The topological polar surface area (TPSA) is 30.5 Å². The summed E-state index contributed by atoms with van der Waals surface area (Å²) in [5, 5.41) is 3.32. The molecule has 0 amide bonds. The Morgan fingerprint density at radius 2 is 2.11 bits per heavy atom. The molecule has 0 radical (unpaired) electrons. The Morgan fingerprint density at radius 1 is 1.32 bits per heavy atom. The molecule has 0 bridgehead atoms. The Hall–Kier alpha value is -0.970. The van der Waals surface area contributed by atoms with Gasteiger partial charge in [0.2, 0.25) is 0 Å². The second-order valence-corrected chi connectivity index (χ2v) is 4.60. The molecule has 1 unspecified atom stereocenters. The Bertz CT molecular complexity index is 371. The van der Waals surface area contributed by atoms with Crippen LogP contribution in [0.1, 0.15) is 30.5 Å². The molecule has 0 aliphatic heterocycles. The standard InChI is InChI=1S/C15H24FNO2/c1-4-7-17-15(11-19-9-8-18-3)13-10-12(2)5-6-14(13)16/h5-6,10,15,17H,4,7-9,11H2,1-3H3. The number of ether oxygens (including phenoxy) is 2. The summed E-state index contributed by atoms with van der Waals surface area (Å²) in [5.74, 6) is -0.186. The van der Waals surface area contributed by atoms with Gasteiger partial charge in [0.15, 0.2) is 0 Å². The summed E-state index contributed by atoms with van der Waals surface area (Å²) in [7, 11) is 1.64. The normalized spacial score (nSPS) is 12.6. The Morgan fingerprint density at radius 3 is 2.79 bits per heavy atom. The van der Waals surface area contributed by atoms with E-state index in [0.29, 0.717) is 25.4 Å². The van der Waals surface area contributed by atoms with Crippen molar-refractivity contribution in [2.24, 2.45) is 0 Å². The second kappa shape index (κ2) is 9.02. The van der Waals surface area contributed by atoms with Crippen molar-refractivity contribution in [2.75, 3.05) is 33.5 Å². The van der Waals surface area contributed by atoms with Gasteiger partial charge >= 0.3 is 0 Å². The lowest BCUT2D eigenvalue weighted by molar-refractivity contribution is 0.0581. The van der Waals surface area contributed by atoms with Gasteiger partial charge in [-0.3, -0.25) is 0 Å². The fraction of sp³-hybridized carbons (Fsp3) is 0.600. The summed E-state index contributed by atoms with van der Waals surface area (Å²) in [5.41, 5.74) is 1.72. The molecule has 1 atom stereocenters. The first kappa shape index (κ1) is 16.1. The van der Waals surface area contributed by atoms with Gasteiger partial charge in [0.25, 0.3) is 0 Å². The summed E-state index contributed by atoms with van der Waals surface area (Å²) in [4.78, 5) is 0. The molecule has 19 heavy (non-hydrogen) atoms. The van der Waals surface area contributed by atoms with E-state index in [1.165, 1.54) is 6.07 Å². The summed E-state index contributed by atoms with van der Waals surface area (Å²) in [6, 6.07) is 5.06. The molecule has 108 valence electrons. The van der Waals surface area contributed by atoms with Crippen LogP contribution in [0.25, 0.3) is 0 Å². The van der Waals surface area contributed by atoms with Crippen LogP contribution in [0, 0.1) is 12.7 Å². The minimum absolute atomic E-state index is 0.114. The van der Waals surface area contributed by atoms with Crippen LogP contribution in [-0.2, 0) is 9.47 Å². The summed E-state index contributed by atoms with van der Waals surface area (Å²) < 4.78 is 24.4. The van der Waals surface area contributed by atoms with Crippen LogP contribution in [0.5, 0.6) is 0 Å². The van der Waals surface area contributed by atoms with Crippen LogP contribution in [0.4, 0.5) is 4.39 Å². The molecule has 1 aromatic carbocycles. The van der Waals surface area contributed by atoms with Gasteiger partial charge in [-0.1, -0.05) is 24.6 Å². The van der Waals surface area contributed by atoms with Gasteiger partial charge in [0.05, 0.1) is 25.9 Å². The molecule has 1 N–H and O–H groups in total. The maximum absolute atomic E-state index is 13.9. The lowest BCUT2D eigenvalue weighted by Crippen LogP contribution is -2.27. The maximum Gasteiger partial charge on any atom is 0.128 e. The maximum atomic E-state index is 13.9. The minimum atomic E-state index is -0.186. The second-order valence-electron chi connectivity index (χ2n) is 4.60. The zero-order valence-electron chi connectivity index (χ0n) is 12.0. The van der Waals surface area contributed by atoms with Crippen LogP contribution in [-0.4, -0.2) is 33.5 Å². The fourth-order valence-corrected chi connectivity index (χ4v) is 1.85. The van der Waals surface area contributed by atoms with Crippen LogP contribution in [0.2, 0.25) is 0 Å². The van der Waals surface area contributed by atoms with Gasteiger partial charge in [0, 0.05) is 12.7 Å². The number of benzene rings is 1. The van der Waals surface area contributed by atoms with Gasteiger partial charge in [-0.25, -0.2) is 4.39 Å². The summed E-state index contributed by atoms with van der Waals surface area (Å²) >= 11 is 0. The molecule has 3 nitrogen and oxygen atoms in total. The Kier molecular flexibility index (Phi) is 7.63. The quantitative estimate of drug-likeness (QED) is 0.699. The number of hydrogen-bond acceptors (Lipinski definition) is 3. The lowest BCUT2D eigenvalue weighted by Gasteiger charge is -2.20. The molecule has 1 rings (SSSR count). The van der Waals surface area contributed by atoms with E-state index in [1.807, 2.05) is 13.0 Å². The third kappa shape index (κ3) is 5.68. The van der Waals surface area contributed by atoms with E-state index in [0.717, 1.165) is 18.5 Å². The Balaban J connectivity index is 2.68. The third-order valence-corrected chi connectivity index (χ3v) is 2.88. The molecule has 0 saturated heterocycles. The van der Waals surface area contributed by atoms with Crippen molar-refractivity contribution < 1.29 is 13.9 Å². The molecule has 0 aliphatic carbocycles. The molecular formula is C15H24FNO2. The molecule has 0 aliphatic rings.